The molecule has 0 aromatic heterocycles. The summed E-state index contributed by atoms with van der Waals surface area (Å²) in [5, 5.41) is 9.81. The number of imide groups is 1. The maximum Gasteiger partial charge on any atom is 0.411 e. The smallest absolute Gasteiger partial charge is 0.411 e. The summed E-state index contributed by atoms with van der Waals surface area (Å²) in [5.74, 6) is -2.46. The van der Waals surface area contributed by atoms with Crippen molar-refractivity contribution in [1.82, 2.24) is 4.90 Å². The first kappa shape index (κ1) is 24.1. The zero-order valence-corrected chi connectivity index (χ0v) is 19.0. The minimum absolute atomic E-state index is 0.0199. The third-order valence-electron chi connectivity index (χ3n) is 5.81. The van der Waals surface area contributed by atoms with E-state index in [0.29, 0.717) is 32.0 Å². The summed E-state index contributed by atoms with van der Waals surface area (Å²) in [6.45, 7) is 2.30. The molecule has 0 radical (unpaired) electrons. The predicted molar refractivity (Wildman–Crippen MR) is 122 cm³/mol. The van der Waals surface area contributed by atoms with Crippen molar-refractivity contribution in [3.05, 3.63) is 59.4 Å². The van der Waals surface area contributed by atoms with Gasteiger partial charge in [-0.15, -0.1) is 0 Å². The number of ether oxygens (including phenoxy) is 2. The molecule has 1 N–H and O–H groups in total. The fourth-order valence-corrected chi connectivity index (χ4v) is 4.20. The van der Waals surface area contributed by atoms with Crippen LogP contribution in [0.25, 0.3) is 0 Å². The van der Waals surface area contributed by atoms with Crippen LogP contribution in [0.15, 0.2) is 42.5 Å². The minimum Gasteiger partial charge on any atom is -0.465 e. The summed E-state index contributed by atoms with van der Waals surface area (Å²) >= 11 is 0. The molecule has 184 valence electrons. The van der Waals surface area contributed by atoms with Gasteiger partial charge in [0.05, 0.1) is 48.8 Å². The number of halogens is 1. The summed E-state index contributed by atoms with van der Waals surface area (Å²) in [4.78, 5) is 52.8. The van der Waals surface area contributed by atoms with Gasteiger partial charge in [-0.25, -0.2) is 9.18 Å². The first-order chi connectivity index (χ1) is 16.8. The number of carboxylic acid groups (broad SMARTS) is 1. The highest BCUT2D eigenvalue weighted by molar-refractivity contribution is 6.21. The molecule has 1 saturated heterocycles. The quantitative estimate of drug-likeness (QED) is 0.469. The highest BCUT2D eigenvalue weighted by atomic mass is 19.1. The van der Waals surface area contributed by atoms with E-state index in [1.54, 1.807) is 17.0 Å². The molecule has 2 aliphatic rings. The fraction of sp³-hybridized carbons (Fsp3) is 0.333. The molecule has 2 aliphatic heterocycles. The van der Waals surface area contributed by atoms with Crippen LogP contribution in [0.1, 0.15) is 27.6 Å². The van der Waals surface area contributed by atoms with Gasteiger partial charge in [0.2, 0.25) is 0 Å². The van der Waals surface area contributed by atoms with Crippen molar-refractivity contribution in [2.75, 3.05) is 49.2 Å². The van der Waals surface area contributed by atoms with Crippen LogP contribution in [0.2, 0.25) is 0 Å². The Morgan fingerprint density at radius 3 is 2.29 bits per heavy atom. The third kappa shape index (κ3) is 5.09. The molecular formula is C24H24FN3O7. The molecule has 35 heavy (non-hydrogen) atoms. The van der Waals surface area contributed by atoms with Crippen LogP contribution >= 0.6 is 0 Å². The lowest BCUT2D eigenvalue weighted by atomic mass is 10.1. The van der Waals surface area contributed by atoms with E-state index in [4.69, 9.17) is 9.47 Å². The zero-order chi connectivity index (χ0) is 25.1. The number of amides is 3. The lowest BCUT2D eigenvalue weighted by molar-refractivity contribution is -0.146. The maximum atomic E-state index is 14.9. The molecular weight excluding hydrogens is 461 g/mol. The van der Waals surface area contributed by atoms with E-state index in [1.165, 1.54) is 24.3 Å². The van der Waals surface area contributed by atoms with Crippen LogP contribution in [-0.2, 0) is 14.3 Å². The number of fused-ring (bicyclic) bond motifs is 1. The number of esters is 1. The van der Waals surface area contributed by atoms with Crippen LogP contribution in [0.3, 0.4) is 0 Å². The Kier molecular flexibility index (Phi) is 6.97. The molecule has 10 nitrogen and oxygen atoms in total. The summed E-state index contributed by atoms with van der Waals surface area (Å²) in [6, 6.07) is 10.3. The number of morpholine rings is 1. The van der Waals surface area contributed by atoms with Gasteiger partial charge in [-0.05, 0) is 30.3 Å². The zero-order valence-electron chi connectivity index (χ0n) is 19.0. The Hall–Kier alpha value is -3.99. The second-order valence-electron chi connectivity index (χ2n) is 8.13. The van der Waals surface area contributed by atoms with Crippen LogP contribution in [0, 0.1) is 5.82 Å². The molecule has 0 bridgehead atoms. The number of hydrogen-bond acceptors (Lipinski definition) is 7. The van der Waals surface area contributed by atoms with E-state index in [9.17, 15) is 28.7 Å². The molecule has 0 unspecified atom stereocenters. The molecule has 3 amide bonds. The van der Waals surface area contributed by atoms with Gasteiger partial charge in [-0.1, -0.05) is 12.1 Å². The van der Waals surface area contributed by atoms with E-state index >= 15 is 0 Å². The van der Waals surface area contributed by atoms with E-state index in [-0.39, 0.29) is 23.4 Å². The van der Waals surface area contributed by atoms with Gasteiger partial charge >= 0.3 is 12.1 Å². The number of benzene rings is 2. The molecule has 0 saturated carbocycles. The van der Waals surface area contributed by atoms with Crippen LogP contribution < -0.4 is 9.80 Å². The molecule has 2 aromatic carbocycles. The number of nitrogens with zero attached hydrogens (tertiary/aromatic N) is 3. The van der Waals surface area contributed by atoms with Crippen molar-refractivity contribution in [2.24, 2.45) is 0 Å². The Bertz CT molecular complexity index is 1130. The largest absolute Gasteiger partial charge is 0.465 e. The number of hydrogen-bond donors (Lipinski definition) is 1. The third-order valence-corrected chi connectivity index (χ3v) is 5.81. The van der Waals surface area contributed by atoms with Gasteiger partial charge in [0.1, 0.15) is 11.9 Å². The van der Waals surface area contributed by atoms with Gasteiger partial charge in [0.15, 0.2) is 0 Å². The molecule has 0 aliphatic carbocycles. The Morgan fingerprint density at radius 2 is 1.74 bits per heavy atom. The summed E-state index contributed by atoms with van der Waals surface area (Å²) in [5.41, 5.74) is 0.779. The van der Waals surface area contributed by atoms with Gasteiger partial charge in [-0.2, -0.15) is 0 Å². The number of carbonyl (C=O) groups is 4. The standard InChI is InChI=1S/C24H24FN3O7/c1-15(29)35-17(14-28-22(30)18-4-2-3-5-19(18)23(28)31)13-27(24(32)33)16-6-7-21(20(25)12-16)26-8-10-34-11-9-26/h2-7,12,17H,8-11,13-14H2,1H3,(H,32,33)/t17-/m1/s1. The van der Waals surface area contributed by atoms with Gasteiger partial charge < -0.3 is 19.5 Å². The first-order valence-corrected chi connectivity index (χ1v) is 11.0. The van der Waals surface area contributed by atoms with Crippen LogP contribution in [0.5, 0.6) is 0 Å². The lowest BCUT2D eigenvalue weighted by Crippen LogP contribution is -2.46. The molecule has 2 heterocycles. The van der Waals surface area contributed by atoms with Crippen molar-refractivity contribution in [1.29, 1.82) is 0 Å². The van der Waals surface area contributed by atoms with E-state index in [2.05, 4.69) is 0 Å². The number of rotatable bonds is 7. The molecule has 4 rings (SSSR count). The Balaban J connectivity index is 1.55. The second-order valence-corrected chi connectivity index (χ2v) is 8.13. The van der Waals surface area contributed by atoms with Crippen molar-refractivity contribution in [3.63, 3.8) is 0 Å². The molecule has 1 atom stereocenters. The van der Waals surface area contributed by atoms with Crippen molar-refractivity contribution in [2.45, 2.75) is 13.0 Å². The lowest BCUT2D eigenvalue weighted by Gasteiger charge is -2.30. The first-order valence-electron chi connectivity index (χ1n) is 11.0. The average molecular weight is 485 g/mol. The maximum absolute atomic E-state index is 14.9. The van der Waals surface area contributed by atoms with Gasteiger partial charge in [0, 0.05) is 20.0 Å². The van der Waals surface area contributed by atoms with Crippen molar-refractivity contribution >= 4 is 35.3 Å². The van der Waals surface area contributed by atoms with E-state index in [1.807, 2.05) is 0 Å². The highest BCUT2D eigenvalue weighted by Gasteiger charge is 2.38. The highest BCUT2D eigenvalue weighted by Crippen LogP contribution is 2.27. The van der Waals surface area contributed by atoms with E-state index < -0.39 is 42.3 Å². The van der Waals surface area contributed by atoms with Crippen molar-refractivity contribution in [3.8, 4) is 0 Å². The monoisotopic (exact) mass is 485 g/mol. The van der Waals surface area contributed by atoms with Gasteiger partial charge in [-0.3, -0.25) is 24.2 Å². The SMILES string of the molecule is CC(=O)O[C@@H](CN1C(=O)c2ccccc2C1=O)CN(C(=O)O)c1ccc(N2CCOCC2)c(F)c1. The molecule has 2 aromatic rings. The predicted octanol–water partition coefficient (Wildman–Crippen LogP) is 2.37. The number of carbonyl (C=O) groups excluding carboxylic acids is 3. The fourth-order valence-electron chi connectivity index (χ4n) is 4.20. The van der Waals surface area contributed by atoms with Crippen molar-refractivity contribution < 1.29 is 38.1 Å². The molecule has 11 heteroatoms. The Labute approximate surface area is 200 Å². The van der Waals surface area contributed by atoms with Crippen LogP contribution in [0.4, 0.5) is 20.6 Å². The van der Waals surface area contributed by atoms with Crippen LogP contribution in [-0.4, -0.2) is 79.4 Å². The second kappa shape index (κ2) is 10.1. The van der Waals surface area contributed by atoms with E-state index in [0.717, 1.165) is 22.8 Å². The normalized spacial score (nSPS) is 16.2. The number of anilines is 2. The molecule has 1 fully saturated rings. The Morgan fingerprint density at radius 1 is 1.11 bits per heavy atom. The summed E-state index contributed by atoms with van der Waals surface area (Å²) in [7, 11) is 0. The minimum atomic E-state index is -1.41. The molecule has 0 spiro atoms. The summed E-state index contributed by atoms with van der Waals surface area (Å²) < 4.78 is 25.4. The van der Waals surface area contributed by atoms with Gasteiger partial charge in [0.25, 0.3) is 11.8 Å². The average Bonchev–Trinajstić information content (AvgIpc) is 3.07. The summed E-state index contributed by atoms with van der Waals surface area (Å²) in [6.07, 6.45) is -2.59. The topological polar surface area (TPSA) is 117 Å².